The molecule has 3 nitrogen and oxygen atoms in total. The fourth-order valence-electron chi connectivity index (χ4n) is 2.01. The van der Waals surface area contributed by atoms with Crippen LogP contribution in [0.5, 0.6) is 0 Å². The molecule has 2 rings (SSSR count). The van der Waals surface area contributed by atoms with Crippen LogP contribution in [0.15, 0.2) is 0 Å². The molecule has 0 unspecified atom stereocenters. The highest BCUT2D eigenvalue weighted by atomic mass is 16.7. The summed E-state index contributed by atoms with van der Waals surface area (Å²) in [5, 5.41) is 11.1. The first-order valence-electron chi connectivity index (χ1n) is 4.74. The summed E-state index contributed by atoms with van der Waals surface area (Å²) in [5.74, 6) is 0. The molecule has 1 N–H and O–H groups in total. The van der Waals surface area contributed by atoms with Crippen molar-refractivity contribution in [1.29, 1.82) is 0 Å². The molecule has 0 amide bonds. The van der Waals surface area contributed by atoms with Crippen molar-refractivity contribution in [3.63, 3.8) is 0 Å². The third-order valence-electron chi connectivity index (χ3n) is 2.98. The van der Waals surface area contributed by atoms with Gasteiger partial charge in [-0.2, -0.15) is 5.06 Å². The molecule has 1 heterocycles. The molecule has 0 bridgehead atoms. The molecule has 1 aliphatic heterocycles. The van der Waals surface area contributed by atoms with E-state index in [2.05, 4.69) is 6.92 Å². The summed E-state index contributed by atoms with van der Waals surface area (Å²) in [7, 11) is 0. The summed E-state index contributed by atoms with van der Waals surface area (Å²) in [6.45, 7) is 4.46. The fraction of sp³-hybridized carbons (Fsp3) is 1.00. The Labute approximate surface area is 73.3 Å². The lowest BCUT2D eigenvalue weighted by molar-refractivity contribution is -0.140. The van der Waals surface area contributed by atoms with Crippen molar-refractivity contribution in [3.8, 4) is 0 Å². The molecule has 2 fully saturated rings. The van der Waals surface area contributed by atoms with Crippen LogP contribution in [0.1, 0.15) is 26.2 Å². The monoisotopic (exact) mass is 171 g/mol. The smallest absolute Gasteiger partial charge is 0.0958 e. The van der Waals surface area contributed by atoms with E-state index in [0.717, 1.165) is 6.54 Å². The molecule has 0 aromatic rings. The second kappa shape index (κ2) is 2.98. The van der Waals surface area contributed by atoms with Crippen LogP contribution in [-0.4, -0.2) is 36.0 Å². The van der Waals surface area contributed by atoms with E-state index in [9.17, 15) is 5.11 Å². The Hall–Kier alpha value is -0.120. The highest BCUT2D eigenvalue weighted by molar-refractivity contribution is 4.86. The van der Waals surface area contributed by atoms with Gasteiger partial charge in [0.05, 0.1) is 19.3 Å². The first kappa shape index (κ1) is 8.48. The van der Waals surface area contributed by atoms with Gasteiger partial charge in [-0.1, -0.05) is 13.3 Å². The summed E-state index contributed by atoms with van der Waals surface area (Å²) in [6.07, 6.45) is 3.70. The molecule has 12 heavy (non-hydrogen) atoms. The SMILES string of the molecule is CC1(CN2C[C@@H](O)CO2)CCC1. The minimum Gasteiger partial charge on any atom is -0.389 e. The number of β-amino-alcohol motifs (C(OH)–C–C–N with tert-alkyl or cyclic N) is 1. The maximum Gasteiger partial charge on any atom is 0.0958 e. The van der Waals surface area contributed by atoms with E-state index in [0.29, 0.717) is 18.6 Å². The van der Waals surface area contributed by atoms with Crippen molar-refractivity contribution in [2.45, 2.75) is 32.3 Å². The van der Waals surface area contributed by atoms with Crippen LogP contribution in [0.25, 0.3) is 0 Å². The topological polar surface area (TPSA) is 32.7 Å². The highest BCUT2D eigenvalue weighted by Gasteiger charge is 2.36. The van der Waals surface area contributed by atoms with Gasteiger partial charge in [-0.15, -0.1) is 0 Å². The van der Waals surface area contributed by atoms with E-state index >= 15 is 0 Å². The van der Waals surface area contributed by atoms with Crippen LogP contribution in [0.2, 0.25) is 0 Å². The Balaban J connectivity index is 1.79. The molecule has 1 atom stereocenters. The number of hydrogen-bond donors (Lipinski definition) is 1. The van der Waals surface area contributed by atoms with Crippen LogP contribution in [0, 0.1) is 5.41 Å². The van der Waals surface area contributed by atoms with Crippen molar-refractivity contribution in [2.75, 3.05) is 19.7 Å². The van der Waals surface area contributed by atoms with Gasteiger partial charge in [-0.25, -0.2) is 0 Å². The summed E-state index contributed by atoms with van der Waals surface area (Å²) < 4.78 is 0. The molecule has 0 aromatic carbocycles. The number of hydroxylamine groups is 2. The van der Waals surface area contributed by atoms with Gasteiger partial charge in [0.25, 0.3) is 0 Å². The summed E-state index contributed by atoms with van der Waals surface area (Å²) in [4.78, 5) is 5.32. The van der Waals surface area contributed by atoms with Gasteiger partial charge in [0.15, 0.2) is 0 Å². The van der Waals surface area contributed by atoms with Gasteiger partial charge in [-0.05, 0) is 18.3 Å². The zero-order valence-electron chi connectivity index (χ0n) is 7.62. The zero-order chi connectivity index (χ0) is 8.60. The second-order valence-corrected chi connectivity index (χ2v) is 4.44. The molecule has 0 aromatic heterocycles. The lowest BCUT2D eigenvalue weighted by Gasteiger charge is -2.40. The molecular weight excluding hydrogens is 154 g/mol. The van der Waals surface area contributed by atoms with Crippen molar-refractivity contribution < 1.29 is 9.94 Å². The maximum absolute atomic E-state index is 9.22. The first-order valence-corrected chi connectivity index (χ1v) is 4.74. The van der Waals surface area contributed by atoms with Gasteiger partial charge in [0, 0.05) is 6.54 Å². The van der Waals surface area contributed by atoms with Crippen LogP contribution in [0.4, 0.5) is 0 Å². The van der Waals surface area contributed by atoms with Crippen LogP contribution in [-0.2, 0) is 4.84 Å². The minimum absolute atomic E-state index is 0.270. The Morgan fingerprint density at radius 2 is 2.33 bits per heavy atom. The van der Waals surface area contributed by atoms with Gasteiger partial charge >= 0.3 is 0 Å². The Morgan fingerprint density at radius 3 is 2.75 bits per heavy atom. The molecule has 1 saturated heterocycles. The number of aliphatic hydroxyl groups excluding tert-OH is 1. The average Bonchev–Trinajstić information content (AvgIpc) is 2.32. The first-order chi connectivity index (χ1) is 5.68. The molecule has 70 valence electrons. The highest BCUT2D eigenvalue weighted by Crippen LogP contribution is 2.41. The normalized spacial score (nSPS) is 35.0. The van der Waals surface area contributed by atoms with Crippen LogP contribution in [0.3, 0.4) is 0 Å². The maximum atomic E-state index is 9.22. The standard InChI is InChI=1S/C9H17NO2/c1-9(3-2-4-9)7-10-5-8(11)6-12-10/h8,11H,2-7H2,1H3/t8-/m1/s1. The summed E-state index contributed by atoms with van der Waals surface area (Å²) in [6, 6.07) is 0. The minimum atomic E-state index is -0.270. The predicted molar refractivity (Wildman–Crippen MR) is 45.5 cm³/mol. The molecule has 3 heteroatoms. The van der Waals surface area contributed by atoms with E-state index in [-0.39, 0.29) is 6.10 Å². The molecule has 0 spiro atoms. The van der Waals surface area contributed by atoms with E-state index in [4.69, 9.17) is 4.84 Å². The number of rotatable bonds is 2. The third-order valence-corrected chi connectivity index (χ3v) is 2.98. The Morgan fingerprint density at radius 1 is 1.58 bits per heavy atom. The zero-order valence-corrected chi connectivity index (χ0v) is 7.62. The second-order valence-electron chi connectivity index (χ2n) is 4.44. The third kappa shape index (κ3) is 1.63. The fourth-order valence-corrected chi connectivity index (χ4v) is 2.01. The number of aliphatic hydroxyl groups is 1. The van der Waals surface area contributed by atoms with Crippen molar-refractivity contribution in [2.24, 2.45) is 5.41 Å². The van der Waals surface area contributed by atoms with Gasteiger partial charge < -0.3 is 5.11 Å². The van der Waals surface area contributed by atoms with Gasteiger partial charge in [0.2, 0.25) is 0 Å². The van der Waals surface area contributed by atoms with Crippen molar-refractivity contribution in [1.82, 2.24) is 5.06 Å². The average molecular weight is 171 g/mol. The lowest BCUT2D eigenvalue weighted by Crippen LogP contribution is -2.38. The molecular formula is C9H17NO2. The largest absolute Gasteiger partial charge is 0.389 e. The van der Waals surface area contributed by atoms with Gasteiger partial charge in [-0.3, -0.25) is 4.84 Å². The van der Waals surface area contributed by atoms with E-state index in [1.54, 1.807) is 0 Å². The molecule has 2 aliphatic rings. The molecule has 0 radical (unpaired) electrons. The summed E-state index contributed by atoms with van der Waals surface area (Å²) in [5.41, 5.74) is 0.462. The van der Waals surface area contributed by atoms with Crippen LogP contribution < -0.4 is 0 Å². The van der Waals surface area contributed by atoms with Crippen molar-refractivity contribution >= 4 is 0 Å². The van der Waals surface area contributed by atoms with Crippen molar-refractivity contribution in [3.05, 3.63) is 0 Å². The summed E-state index contributed by atoms with van der Waals surface area (Å²) >= 11 is 0. The quantitative estimate of drug-likeness (QED) is 0.666. The Kier molecular flexibility index (Phi) is 2.10. The molecule has 1 saturated carbocycles. The predicted octanol–water partition coefficient (Wildman–Crippen LogP) is 0.785. The van der Waals surface area contributed by atoms with Gasteiger partial charge in [0.1, 0.15) is 0 Å². The van der Waals surface area contributed by atoms with E-state index in [1.165, 1.54) is 19.3 Å². The number of hydrogen-bond acceptors (Lipinski definition) is 3. The van der Waals surface area contributed by atoms with Crippen LogP contribution >= 0.6 is 0 Å². The lowest BCUT2D eigenvalue weighted by atomic mass is 9.70. The number of nitrogens with zero attached hydrogens (tertiary/aromatic N) is 1. The van der Waals surface area contributed by atoms with E-state index < -0.39 is 0 Å². The molecule has 1 aliphatic carbocycles. The van der Waals surface area contributed by atoms with E-state index in [1.807, 2.05) is 5.06 Å². The Bertz CT molecular complexity index is 168.